The number of benzene rings is 1. The summed E-state index contributed by atoms with van der Waals surface area (Å²) in [6.07, 6.45) is 2.83. The fourth-order valence-corrected chi connectivity index (χ4v) is 2.43. The van der Waals surface area contributed by atoms with Crippen molar-refractivity contribution in [3.63, 3.8) is 0 Å². The molecule has 0 N–H and O–H groups in total. The van der Waals surface area contributed by atoms with E-state index in [4.69, 9.17) is 0 Å². The predicted octanol–water partition coefficient (Wildman–Crippen LogP) is 3.74. The van der Waals surface area contributed by atoms with Crippen molar-refractivity contribution in [3.8, 4) is 0 Å². The topological polar surface area (TPSA) is 3.24 Å². The number of halogens is 1. The van der Waals surface area contributed by atoms with Crippen molar-refractivity contribution in [2.75, 3.05) is 18.5 Å². The molecule has 15 heavy (non-hydrogen) atoms. The SMILES string of the molecule is Cc1ccc(N(C)CC2CC2)c(CBr)c1. The molecule has 0 unspecified atom stereocenters. The van der Waals surface area contributed by atoms with Crippen molar-refractivity contribution in [3.05, 3.63) is 29.3 Å². The van der Waals surface area contributed by atoms with E-state index in [0.717, 1.165) is 11.2 Å². The van der Waals surface area contributed by atoms with Gasteiger partial charge in [-0.15, -0.1) is 0 Å². The van der Waals surface area contributed by atoms with E-state index in [1.165, 1.54) is 36.2 Å². The molecule has 0 aromatic heterocycles. The normalized spacial score (nSPS) is 15.4. The first kappa shape index (κ1) is 11.0. The molecule has 0 amide bonds. The van der Waals surface area contributed by atoms with Crippen molar-refractivity contribution in [1.82, 2.24) is 0 Å². The molecule has 0 atom stereocenters. The minimum absolute atomic E-state index is 0.943. The molecule has 1 aliphatic carbocycles. The maximum absolute atomic E-state index is 3.57. The molecular weight excluding hydrogens is 250 g/mol. The number of rotatable bonds is 4. The molecule has 1 fully saturated rings. The highest BCUT2D eigenvalue weighted by Crippen LogP contribution is 2.32. The molecule has 1 aromatic rings. The van der Waals surface area contributed by atoms with E-state index in [1.54, 1.807) is 0 Å². The minimum atomic E-state index is 0.943. The predicted molar refractivity (Wildman–Crippen MR) is 69.8 cm³/mol. The second-order valence-corrected chi connectivity index (χ2v) is 5.15. The highest BCUT2D eigenvalue weighted by atomic mass is 79.9. The van der Waals surface area contributed by atoms with Crippen molar-refractivity contribution >= 4 is 21.6 Å². The Kier molecular flexibility index (Phi) is 3.35. The molecule has 1 aliphatic rings. The first-order chi connectivity index (χ1) is 7.20. The van der Waals surface area contributed by atoms with Crippen LogP contribution in [0.3, 0.4) is 0 Å². The Morgan fingerprint density at radius 1 is 1.40 bits per heavy atom. The first-order valence-electron chi connectivity index (χ1n) is 5.57. The van der Waals surface area contributed by atoms with Crippen molar-refractivity contribution in [2.24, 2.45) is 5.92 Å². The van der Waals surface area contributed by atoms with Gasteiger partial charge in [0.15, 0.2) is 0 Å². The summed E-state index contributed by atoms with van der Waals surface area (Å²) in [4.78, 5) is 2.40. The Hall–Kier alpha value is -0.500. The lowest BCUT2D eigenvalue weighted by Crippen LogP contribution is -2.21. The number of nitrogens with zero attached hydrogens (tertiary/aromatic N) is 1. The van der Waals surface area contributed by atoms with E-state index in [0.29, 0.717) is 0 Å². The Morgan fingerprint density at radius 3 is 2.73 bits per heavy atom. The zero-order valence-electron chi connectivity index (χ0n) is 9.46. The third-order valence-corrected chi connectivity index (χ3v) is 3.62. The number of anilines is 1. The minimum Gasteiger partial charge on any atom is -0.374 e. The summed E-state index contributed by atoms with van der Waals surface area (Å²) in [5, 5.41) is 0.943. The van der Waals surface area contributed by atoms with E-state index in [9.17, 15) is 0 Å². The molecular formula is C13H18BrN. The van der Waals surface area contributed by atoms with E-state index < -0.39 is 0 Å². The zero-order valence-corrected chi connectivity index (χ0v) is 11.0. The molecule has 1 nitrogen and oxygen atoms in total. The van der Waals surface area contributed by atoms with Gasteiger partial charge in [-0.3, -0.25) is 0 Å². The second kappa shape index (κ2) is 4.56. The van der Waals surface area contributed by atoms with Crippen LogP contribution in [-0.2, 0) is 5.33 Å². The summed E-state index contributed by atoms with van der Waals surface area (Å²) in [5.74, 6) is 0.944. The fraction of sp³-hybridized carbons (Fsp3) is 0.538. The summed E-state index contributed by atoms with van der Waals surface area (Å²) in [6.45, 7) is 3.36. The average Bonchev–Trinajstić information content (AvgIpc) is 3.01. The van der Waals surface area contributed by atoms with E-state index >= 15 is 0 Å². The van der Waals surface area contributed by atoms with Gasteiger partial charge in [0.1, 0.15) is 0 Å². The summed E-state index contributed by atoms with van der Waals surface area (Å²) in [6, 6.07) is 6.71. The number of hydrogen-bond donors (Lipinski definition) is 0. The molecule has 0 aliphatic heterocycles. The van der Waals surface area contributed by atoms with Crippen LogP contribution < -0.4 is 4.90 Å². The van der Waals surface area contributed by atoms with E-state index in [2.05, 4.69) is 53.0 Å². The lowest BCUT2D eigenvalue weighted by atomic mass is 10.1. The van der Waals surface area contributed by atoms with Crippen molar-refractivity contribution in [1.29, 1.82) is 0 Å². The van der Waals surface area contributed by atoms with Crippen LogP contribution in [0, 0.1) is 12.8 Å². The smallest absolute Gasteiger partial charge is 0.0405 e. The van der Waals surface area contributed by atoms with Gasteiger partial charge in [-0.1, -0.05) is 33.6 Å². The largest absolute Gasteiger partial charge is 0.374 e. The quantitative estimate of drug-likeness (QED) is 0.752. The molecule has 0 saturated heterocycles. The fourth-order valence-electron chi connectivity index (χ4n) is 1.98. The summed E-state index contributed by atoms with van der Waals surface area (Å²) in [5.41, 5.74) is 4.12. The van der Waals surface area contributed by atoms with Gasteiger partial charge in [0.2, 0.25) is 0 Å². The molecule has 0 bridgehead atoms. The second-order valence-electron chi connectivity index (χ2n) is 4.59. The summed E-state index contributed by atoms with van der Waals surface area (Å²) in [7, 11) is 2.20. The maximum Gasteiger partial charge on any atom is 0.0405 e. The standard InChI is InChI=1S/C13H18BrN/c1-10-3-6-13(12(7-10)8-14)15(2)9-11-4-5-11/h3,6-7,11H,4-5,8-9H2,1-2H3. The lowest BCUT2D eigenvalue weighted by Gasteiger charge is -2.22. The average molecular weight is 268 g/mol. The third-order valence-electron chi connectivity index (χ3n) is 3.02. The number of aryl methyl sites for hydroxylation is 1. The van der Waals surface area contributed by atoms with E-state index in [1.807, 2.05) is 0 Å². The highest BCUT2D eigenvalue weighted by Gasteiger charge is 2.23. The van der Waals surface area contributed by atoms with Gasteiger partial charge >= 0.3 is 0 Å². The molecule has 0 spiro atoms. The highest BCUT2D eigenvalue weighted by molar-refractivity contribution is 9.08. The van der Waals surface area contributed by atoms with Gasteiger partial charge in [-0.2, -0.15) is 0 Å². The molecule has 1 saturated carbocycles. The monoisotopic (exact) mass is 267 g/mol. The van der Waals surface area contributed by atoms with E-state index in [-0.39, 0.29) is 0 Å². The van der Waals surface area contributed by atoms with Crippen LogP contribution in [-0.4, -0.2) is 13.6 Å². The van der Waals surface area contributed by atoms with Crippen LogP contribution in [0.5, 0.6) is 0 Å². The van der Waals surface area contributed by atoms with Gasteiger partial charge in [0, 0.05) is 24.6 Å². The molecule has 0 heterocycles. The van der Waals surface area contributed by atoms with Gasteiger partial charge in [0.25, 0.3) is 0 Å². The van der Waals surface area contributed by atoms with Crippen LogP contribution >= 0.6 is 15.9 Å². The van der Waals surface area contributed by atoms with Crippen LogP contribution in [0.1, 0.15) is 24.0 Å². The Bertz CT molecular complexity index is 344. The number of alkyl halides is 1. The van der Waals surface area contributed by atoms with Crippen LogP contribution in [0.2, 0.25) is 0 Å². The van der Waals surface area contributed by atoms with Crippen LogP contribution in [0.25, 0.3) is 0 Å². The van der Waals surface area contributed by atoms with Crippen molar-refractivity contribution in [2.45, 2.75) is 25.1 Å². The molecule has 1 aromatic carbocycles. The van der Waals surface area contributed by atoms with Gasteiger partial charge < -0.3 is 4.90 Å². The zero-order chi connectivity index (χ0) is 10.8. The summed E-state index contributed by atoms with van der Waals surface area (Å²) >= 11 is 3.57. The Labute approximate surface area is 101 Å². The number of hydrogen-bond acceptors (Lipinski definition) is 1. The van der Waals surface area contributed by atoms with Crippen LogP contribution in [0.15, 0.2) is 18.2 Å². The lowest BCUT2D eigenvalue weighted by molar-refractivity contribution is 0.785. The maximum atomic E-state index is 3.57. The summed E-state index contributed by atoms with van der Waals surface area (Å²) < 4.78 is 0. The molecule has 2 heteroatoms. The van der Waals surface area contributed by atoms with Gasteiger partial charge in [0.05, 0.1) is 0 Å². The Morgan fingerprint density at radius 2 is 2.13 bits per heavy atom. The van der Waals surface area contributed by atoms with Gasteiger partial charge in [-0.05, 0) is 37.3 Å². The Balaban J connectivity index is 2.17. The first-order valence-corrected chi connectivity index (χ1v) is 6.69. The third kappa shape index (κ3) is 2.75. The molecule has 0 radical (unpaired) electrons. The van der Waals surface area contributed by atoms with Gasteiger partial charge in [-0.25, -0.2) is 0 Å². The molecule has 2 rings (SSSR count). The van der Waals surface area contributed by atoms with Crippen molar-refractivity contribution < 1.29 is 0 Å². The van der Waals surface area contributed by atoms with Crippen LogP contribution in [0.4, 0.5) is 5.69 Å². The molecule has 82 valence electrons.